The van der Waals surface area contributed by atoms with Gasteiger partial charge in [0.25, 0.3) is 11.5 Å². The molecule has 4 aromatic rings. The highest BCUT2D eigenvalue weighted by Gasteiger charge is 2.21. The number of rotatable bonds is 7. The van der Waals surface area contributed by atoms with Gasteiger partial charge < -0.3 is 19.4 Å². The average molecular weight is 429 g/mol. The first kappa shape index (κ1) is 21.1. The van der Waals surface area contributed by atoms with Gasteiger partial charge in [0.05, 0.1) is 20.3 Å². The number of pyridine rings is 2. The minimum absolute atomic E-state index is 0.0753. The van der Waals surface area contributed by atoms with E-state index in [2.05, 4.69) is 9.97 Å². The fourth-order valence-corrected chi connectivity index (χ4v) is 3.44. The van der Waals surface area contributed by atoms with Crippen LogP contribution in [0.25, 0.3) is 10.9 Å². The van der Waals surface area contributed by atoms with Crippen LogP contribution in [0, 0.1) is 0 Å². The first-order chi connectivity index (χ1) is 15.6. The second kappa shape index (κ2) is 9.34. The quantitative estimate of drug-likeness (QED) is 0.476. The van der Waals surface area contributed by atoms with Crippen LogP contribution in [0.3, 0.4) is 0 Å². The summed E-state index contributed by atoms with van der Waals surface area (Å²) in [5, 5.41) is 0.816. The zero-order valence-electron chi connectivity index (χ0n) is 17.9. The standard InChI is InChI=1S/C25H23N3O4/c1-3-32-20-9-7-19(8-10-20)28(25(30)23-6-4-5-13-26-23)16-18-14-17-15-21(31-2)11-12-22(17)27-24(18)29/h4-15H,3,16H2,1-2H3,(H,27,29). The third kappa shape index (κ3) is 4.46. The molecule has 7 nitrogen and oxygen atoms in total. The number of nitrogens with zero attached hydrogens (tertiary/aromatic N) is 2. The zero-order chi connectivity index (χ0) is 22.5. The van der Waals surface area contributed by atoms with Crippen molar-refractivity contribution in [1.29, 1.82) is 0 Å². The van der Waals surface area contributed by atoms with E-state index in [4.69, 9.17) is 9.47 Å². The Kier molecular flexibility index (Phi) is 6.17. The summed E-state index contributed by atoms with van der Waals surface area (Å²) in [6, 6.07) is 19.6. The van der Waals surface area contributed by atoms with Gasteiger partial charge in [-0.15, -0.1) is 0 Å². The molecule has 2 heterocycles. The lowest BCUT2D eigenvalue weighted by Gasteiger charge is -2.23. The number of aromatic amines is 1. The number of hydrogen-bond donors (Lipinski definition) is 1. The molecule has 0 bridgehead atoms. The Morgan fingerprint density at radius 3 is 2.50 bits per heavy atom. The van der Waals surface area contributed by atoms with E-state index in [0.717, 1.165) is 5.39 Å². The smallest absolute Gasteiger partial charge is 0.277 e. The van der Waals surface area contributed by atoms with Crippen LogP contribution in [0.2, 0.25) is 0 Å². The topological polar surface area (TPSA) is 84.5 Å². The van der Waals surface area contributed by atoms with Gasteiger partial charge in [0.1, 0.15) is 17.2 Å². The molecule has 0 aliphatic heterocycles. The molecule has 0 saturated carbocycles. The lowest BCUT2D eigenvalue weighted by Crippen LogP contribution is -2.33. The highest BCUT2D eigenvalue weighted by atomic mass is 16.5. The van der Waals surface area contributed by atoms with Gasteiger partial charge >= 0.3 is 0 Å². The van der Waals surface area contributed by atoms with Gasteiger partial charge in [-0.1, -0.05) is 6.07 Å². The number of benzene rings is 2. The van der Waals surface area contributed by atoms with Crippen molar-refractivity contribution < 1.29 is 14.3 Å². The Labute approximate surface area is 185 Å². The molecule has 0 atom stereocenters. The Hall–Kier alpha value is -4.13. The van der Waals surface area contributed by atoms with E-state index in [1.807, 2.05) is 13.0 Å². The predicted octanol–water partition coefficient (Wildman–Crippen LogP) is 4.18. The molecule has 162 valence electrons. The molecule has 2 aromatic heterocycles. The molecule has 1 amide bonds. The maximum absolute atomic E-state index is 13.3. The summed E-state index contributed by atoms with van der Waals surface area (Å²) in [7, 11) is 1.59. The molecule has 0 spiro atoms. The lowest BCUT2D eigenvalue weighted by atomic mass is 10.1. The maximum atomic E-state index is 13.3. The van der Waals surface area contributed by atoms with Gasteiger partial charge in [-0.05, 0) is 67.6 Å². The zero-order valence-corrected chi connectivity index (χ0v) is 17.9. The Morgan fingerprint density at radius 1 is 1.03 bits per heavy atom. The normalized spacial score (nSPS) is 10.7. The monoisotopic (exact) mass is 429 g/mol. The molecule has 0 aliphatic carbocycles. The van der Waals surface area contributed by atoms with Gasteiger partial charge in [-0.2, -0.15) is 0 Å². The predicted molar refractivity (Wildman–Crippen MR) is 123 cm³/mol. The Balaban J connectivity index is 1.75. The highest BCUT2D eigenvalue weighted by Crippen LogP contribution is 2.24. The number of H-pyrrole nitrogens is 1. The van der Waals surface area contributed by atoms with Crippen molar-refractivity contribution in [2.75, 3.05) is 18.6 Å². The molecule has 0 fully saturated rings. The number of nitrogens with one attached hydrogen (secondary N) is 1. The largest absolute Gasteiger partial charge is 0.497 e. The van der Waals surface area contributed by atoms with Crippen LogP contribution in [0.1, 0.15) is 23.0 Å². The van der Waals surface area contributed by atoms with E-state index in [1.165, 1.54) is 4.90 Å². The molecule has 2 aromatic carbocycles. The van der Waals surface area contributed by atoms with Crippen LogP contribution in [-0.2, 0) is 6.54 Å². The van der Waals surface area contributed by atoms with E-state index in [1.54, 1.807) is 74.0 Å². The maximum Gasteiger partial charge on any atom is 0.277 e. The van der Waals surface area contributed by atoms with E-state index >= 15 is 0 Å². The molecule has 32 heavy (non-hydrogen) atoms. The first-order valence-corrected chi connectivity index (χ1v) is 10.2. The Bertz CT molecular complexity index is 1280. The number of ether oxygens (including phenoxy) is 2. The Morgan fingerprint density at radius 2 is 1.81 bits per heavy atom. The van der Waals surface area contributed by atoms with Crippen LogP contribution in [-0.4, -0.2) is 29.6 Å². The van der Waals surface area contributed by atoms with Crippen molar-refractivity contribution >= 4 is 22.5 Å². The van der Waals surface area contributed by atoms with Crippen LogP contribution in [0.15, 0.2) is 77.7 Å². The number of hydrogen-bond acceptors (Lipinski definition) is 5. The summed E-state index contributed by atoms with van der Waals surface area (Å²) in [5.74, 6) is 1.08. The van der Waals surface area contributed by atoms with E-state index < -0.39 is 0 Å². The number of carbonyl (C=O) groups excluding carboxylic acids is 1. The number of anilines is 1. The number of fused-ring (bicyclic) bond motifs is 1. The summed E-state index contributed by atoms with van der Waals surface area (Å²) in [4.78, 5) is 34.7. The third-order valence-corrected chi connectivity index (χ3v) is 5.05. The van der Waals surface area contributed by atoms with E-state index in [9.17, 15) is 9.59 Å². The van der Waals surface area contributed by atoms with Gasteiger partial charge in [0.2, 0.25) is 0 Å². The van der Waals surface area contributed by atoms with Crippen LogP contribution in [0.5, 0.6) is 11.5 Å². The number of aromatic nitrogens is 2. The number of amides is 1. The molecule has 1 N–H and O–H groups in total. The fraction of sp³-hybridized carbons (Fsp3) is 0.160. The molecule has 0 radical (unpaired) electrons. The van der Waals surface area contributed by atoms with Crippen LogP contribution in [0.4, 0.5) is 5.69 Å². The summed E-state index contributed by atoms with van der Waals surface area (Å²) in [5.41, 5.74) is 1.81. The average Bonchev–Trinajstić information content (AvgIpc) is 2.83. The minimum Gasteiger partial charge on any atom is -0.497 e. The van der Waals surface area contributed by atoms with Crippen molar-refractivity contribution in [1.82, 2.24) is 9.97 Å². The molecule has 0 unspecified atom stereocenters. The van der Waals surface area contributed by atoms with Crippen molar-refractivity contribution in [2.24, 2.45) is 0 Å². The summed E-state index contributed by atoms with van der Waals surface area (Å²) in [6.45, 7) is 2.53. The van der Waals surface area contributed by atoms with Crippen molar-refractivity contribution in [3.05, 3.63) is 94.5 Å². The second-order valence-corrected chi connectivity index (χ2v) is 7.11. The van der Waals surface area contributed by atoms with Gasteiger partial charge in [-0.25, -0.2) is 0 Å². The van der Waals surface area contributed by atoms with Gasteiger partial charge in [-0.3, -0.25) is 14.6 Å². The molecule has 0 saturated heterocycles. The second-order valence-electron chi connectivity index (χ2n) is 7.11. The fourth-order valence-electron chi connectivity index (χ4n) is 3.44. The highest BCUT2D eigenvalue weighted by molar-refractivity contribution is 6.04. The van der Waals surface area contributed by atoms with Crippen molar-refractivity contribution in [3.8, 4) is 11.5 Å². The van der Waals surface area contributed by atoms with E-state index in [-0.39, 0.29) is 18.0 Å². The molecule has 0 aliphatic rings. The van der Waals surface area contributed by atoms with Crippen LogP contribution < -0.4 is 19.9 Å². The molecular formula is C25H23N3O4. The van der Waals surface area contributed by atoms with Crippen molar-refractivity contribution in [3.63, 3.8) is 0 Å². The first-order valence-electron chi connectivity index (χ1n) is 10.2. The molecule has 4 rings (SSSR count). The third-order valence-electron chi connectivity index (χ3n) is 5.05. The summed E-state index contributed by atoms with van der Waals surface area (Å²) in [6.07, 6.45) is 1.57. The van der Waals surface area contributed by atoms with Gasteiger partial charge in [0, 0.05) is 28.4 Å². The number of methoxy groups -OCH3 is 1. The van der Waals surface area contributed by atoms with Crippen molar-refractivity contribution in [2.45, 2.75) is 13.5 Å². The number of carbonyl (C=O) groups is 1. The minimum atomic E-state index is -0.306. The summed E-state index contributed by atoms with van der Waals surface area (Å²) < 4.78 is 10.8. The molecule has 7 heteroatoms. The van der Waals surface area contributed by atoms with Crippen LogP contribution >= 0.6 is 0 Å². The van der Waals surface area contributed by atoms with E-state index in [0.29, 0.717) is 40.6 Å². The molecular weight excluding hydrogens is 406 g/mol. The summed E-state index contributed by atoms with van der Waals surface area (Å²) >= 11 is 0. The SMILES string of the molecule is CCOc1ccc(N(Cc2cc3cc(OC)ccc3[nH]c2=O)C(=O)c2ccccn2)cc1. The lowest BCUT2D eigenvalue weighted by molar-refractivity contribution is 0.0980. The van der Waals surface area contributed by atoms with Gasteiger partial charge in [0.15, 0.2) is 0 Å².